The number of aromatic nitrogens is 5. The van der Waals surface area contributed by atoms with Crippen molar-refractivity contribution >= 4 is 52.0 Å². The maximum Gasteiger partial charge on any atom is 0.328 e. The molecule has 0 unspecified atom stereocenters. The lowest BCUT2D eigenvalue weighted by Gasteiger charge is -2.36. The highest BCUT2D eigenvalue weighted by Crippen LogP contribution is 2.34. The fourth-order valence-electron chi connectivity index (χ4n) is 4.31. The van der Waals surface area contributed by atoms with E-state index in [-0.39, 0.29) is 0 Å². The Labute approximate surface area is 234 Å². The molecule has 3 aromatic heterocycles. The number of nitrogens with zero attached hydrogens (tertiary/aromatic N) is 6. The van der Waals surface area contributed by atoms with Crippen LogP contribution in [0.15, 0.2) is 48.8 Å². The van der Waals surface area contributed by atoms with E-state index in [1.54, 1.807) is 10.9 Å². The summed E-state index contributed by atoms with van der Waals surface area (Å²) in [6.07, 6.45) is 4.77. The second kappa shape index (κ2) is 12.3. The normalized spacial score (nSPS) is 14.0. The lowest BCUT2D eigenvalue weighted by Crippen LogP contribution is -2.46. The number of hydrogen-bond donors (Lipinski definition) is 3. The summed E-state index contributed by atoms with van der Waals surface area (Å²) < 4.78 is 1.79. The topological polar surface area (TPSA) is 140 Å². The number of rotatable bonds is 6. The van der Waals surface area contributed by atoms with Crippen molar-refractivity contribution in [3.05, 3.63) is 70.1 Å². The van der Waals surface area contributed by atoms with Crippen LogP contribution in [0, 0.1) is 6.92 Å². The van der Waals surface area contributed by atoms with Crippen LogP contribution in [0.3, 0.4) is 0 Å². The molecule has 4 aromatic rings. The Morgan fingerprint density at radius 2 is 1.69 bits per heavy atom. The maximum atomic E-state index is 9.55. The molecule has 0 saturated carbocycles. The van der Waals surface area contributed by atoms with Crippen molar-refractivity contribution in [1.29, 1.82) is 0 Å². The van der Waals surface area contributed by atoms with Gasteiger partial charge in [0, 0.05) is 63.1 Å². The molecule has 5 rings (SSSR count). The van der Waals surface area contributed by atoms with Crippen molar-refractivity contribution in [2.24, 2.45) is 7.05 Å². The maximum absolute atomic E-state index is 9.55. The van der Waals surface area contributed by atoms with Crippen molar-refractivity contribution in [1.82, 2.24) is 29.6 Å². The van der Waals surface area contributed by atoms with E-state index in [4.69, 9.17) is 38.4 Å². The fourth-order valence-corrected chi connectivity index (χ4v) is 4.70. The van der Waals surface area contributed by atoms with Crippen LogP contribution in [0.4, 0.5) is 5.69 Å². The van der Waals surface area contributed by atoms with E-state index in [1.807, 2.05) is 32.3 Å². The molecule has 0 atom stereocenters. The number of anilines is 1. The van der Waals surface area contributed by atoms with Crippen LogP contribution in [-0.4, -0.2) is 78.0 Å². The van der Waals surface area contributed by atoms with Crippen LogP contribution in [0.5, 0.6) is 0 Å². The summed E-state index contributed by atoms with van der Waals surface area (Å²) in [5, 5.41) is 21.5. The largest absolute Gasteiger partial charge is 0.478 e. The van der Waals surface area contributed by atoms with Crippen molar-refractivity contribution in [2.75, 3.05) is 31.1 Å². The van der Waals surface area contributed by atoms with Gasteiger partial charge in [-0.25, -0.2) is 19.6 Å². The minimum absolute atomic E-state index is 0.558. The molecule has 39 heavy (non-hydrogen) atoms. The third-order valence-electron chi connectivity index (χ3n) is 6.09. The van der Waals surface area contributed by atoms with Crippen molar-refractivity contribution in [3.8, 4) is 11.4 Å². The first-order valence-corrected chi connectivity index (χ1v) is 12.8. The SMILES string of the molecule is Cc1nn(C)cc1-c1nc2ncc(Cl)c(N3CCN(Cc4ccc(Cl)cc4)CC3)c2[nH]1.O=C(O)/C=C/C(=O)O. The molecular weight excluding hydrogens is 545 g/mol. The molecule has 0 spiro atoms. The number of imidazole rings is 1. The fraction of sp³-hybridized carbons (Fsp3) is 0.269. The quantitative estimate of drug-likeness (QED) is 0.293. The molecule has 4 heterocycles. The first kappa shape index (κ1) is 28.1. The van der Waals surface area contributed by atoms with Gasteiger partial charge in [-0.2, -0.15) is 5.10 Å². The third kappa shape index (κ3) is 7.14. The van der Waals surface area contributed by atoms with Gasteiger partial charge in [-0.05, 0) is 24.6 Å². The van der Waals surface area contributed by atoms with E-state index in [0.29, 0.717) is 22.8 Å². The van der Waals surface area contributed by atoms with Crippen molar-refractivity contribution in [3.63, 3.8) is 0 Å². The average Bonchev–Trinajstić information content (AvgIpc) is 3.47. The van der Waals surface area contributed by atoms with Crippen LogP contribution in [0.25, 0.3) is 22.6 Å². The summed E-state index contributed by atoms with van der Waals surface area (Å²) >= 11 is 12.6. The summed E-state index contributed by atoms with van der Waals surface area (Å²) in [4.78, 5) is 36.5. The Bertz CT molecular complexity index is 1490. The van der Waals surface area contributed by atoms with Crippen molar-refractivity contribution < 1.29 is 19.8 Å². The molecule has 1 aromatic carbocycles. The zero-order valence-corrected chi connectivity index (χ0v) is 22.8. The number of benzene rings is 1. The molecule has 0 bridgehead atoms. The average molecular weight is 572 g/mol. The van der Waals surface area contributed by atoms with Gasteiger partial charge >= 0.3 is 11.9 Å². The second-order valence-electron chi connectivity index (χ2n) is 8.94. The van der Waals surface area contributed by atoms with Gasteiger partial charge in [-0.15, -0.1) is 0 Å². The number of nitrogens with one attached hydrogen (secondary N) is 1. The number of aryl methyl sites for hydroxylation is 2. The predicted octanol–water partition coefficient (Wildman–Crippen LogP) is 4.01. The van der Waals surface area contributed by atoms with Gasteiger partial charge in [-0.1, -0.05) is 35.3 Å². The molecular formula is C26H27Cl2N7O4. The number of halogens is 2. The number of aromatic amines is 1. The van der Waals surface area contributed by atoms with Gasteiger partial charge in [0.2, 0.25) is 0 Å². The molecule has 1 aliphatic rings. The molecule has 1 saturated heterocycles. The number of carbonyl (C=O) groups is 2. The molecule has 11 nitrogen and oxygen atoms in total. The molecule has 0 amide bonds. The Hall–Kier alpha value is -3.93. The summed E-state index contributed by atoms with van der Waals surface area (Å²) in [7, 11) is 1.91. The molecule has 0 aliphatic carbocycles. The van der Waals surface area contributed by atoms with Crippen LogP contribution in [0.2, 0.25) is 10.0 Å². The van der Waals surface area contributed by atoms with E-state index in [2.05, 4.69) is 37.0 Å². The monoisotopic (exact) mass is 571 g/mol. The van der Waals surface area contributed by atoms with E-state index >= 15 is 0 Å². The highest BCUT2D eigenvalue weighted by Gasteiger charge is 2.23. The molecule has 1 fully saturated rings. The molecule has 3 N–H and O–H groups in total. The smallest absolute Gasteiger partial charge is 0.328 e. The second-order valence-corrected chi connectivity index (χ2v) is 9.78. The van der Waals surface area contributed by atoms with E-state index < -0.39 is 11.9 Å². The van der Waals surface area contributed by atoms with Gasteiger partial charge in [0.1, 0.15) is 11.3 Å². The lowest BCUT2D eigenvalue weighted by molar-refractivity contribution is -0.134. The highest BCUT2D eigenvalue weighted by molar-refractivity contribution is 6.34. The highest BCUT2D eigenvalue weighted by atomic mass is 35.5. The minimum atomic E-state index is -1.26. The van der Waals surface area contributed by atoms with Crippen LogP contribution in [-0.2, 0) is 23.2 Å². The number of hydrogen-bond acceptors (Lipinski definition) is 7. The Kier molecular flexibility index (Phi) is 8.85. The Morgan fingerprint density at radius 3 is 2.26 bits per heavy atom. The van der Waals surface area contributed by atoms with E-state index in [0.717, 1.165) is 66.0 Å². The van der Waals surface area contributed by atoms with Gasteiger partial charge in [0.15, 0.2) is 5.65 Å². The van der Waals surface area contributed by atoms with Crippen LogP contribution < -0.4 is 4.90 Å². The number of pyridine rings is 1. The number of H-pyrrole nitrogens is 1. The van der Waals surface area contributed by atoms with Gasteiger partial charge in [0.05, 0.1) is 28.2 Å². The molecule has 0 radical (unpaired) electrons. The zero-order chi connectivity index (χ0) is 28.1. The predicted molar refractivity (Wildman–Crippen MR) is 149 cm³/mol. The number of carboxylic acid groups (broad SMARTS) is 2. The van der Waals surface area contributed by atoms with Crippen molar-refractivity contribution in [2.45, 2.75) is 13.5 Å². The summed E-state index contributed by atoms with van der Waals surface area (Å²) in [5.74, 6) is -1.75. The third-order valence-corrected chi connectivity index (χ3v) is 6.62. The van der Waals surface area contributed by atoms with E-state index in [9.17, 15) is 9.59 Å². The summed E-state index contributed by atoms with van der Waals surface area (Å²) in [6.45, 7) is 6.55. The number of piperazine rings is 1. The van der Waals surface area contributed by atoms with Crippen LogP contribution >= 0.6 is 23.2 Å². The number of aliphatic carboxylic acids is 2. The summed E-state index contributed by atoms with van der Waals surface area (Å²) in [6, 6.07) is 8.07. The van der Waals surface area contributed by atoms with Crippen LogP contribution in [0.1, 0.15) is 11.3 Å². The van der Waals surface area contributed by atoms with E-state index in [1.165, 1.54) is 5.56 Å². The molecule has 204 valence electrons. The van der Waals surface area contributed by atoms with Gasteiger partial charge in [0.25, 0.3) is 0 Å². The first-order valence-electron chi connectivity index (χ1n) is 12.0. The van der Waals surface area contributed by atoms with Gasteiger partial charge in [-0.3, -0.25) is 9.58 Å². The Morgan fingerprint density at radius 1 is 1.05 bits per heavy atom. The standard InChI is InChI=1S/C22H23Cl2N7.C4H4O4/c1-14-17(13-29(2)28-14)21-26-19-20(18(24)11-25-22(19)27-21)31-9-7-30(8-10-31)12-15-3-5-16(23)6-4-15;5-3(6)1-2-4(7)8/h3-6,11,13H,7-10,12H2,1-2H3,(H,25,26,27);1-2H,(H,5,6)(H,7,8)/b;2-1+. The first-order chi connectivity index (χ1) is 18.6. The number of carboxylic acids is 2. The lowest BCUT2D eigenvalue weighted by atomic mass is 10.2. The minimum Gasteiger partial charge on any atom is -0.478 e. The Balaban J connectivity index is 0.000000386. The summed E-state index contributed by atoms with van der Waals surface area (Å²) in [5.41, 5.74) is 5.67. The zero-order valence-electron chi connectivity index (χ0n) is 21.3. The van der Waals surface area contributed by atoms with Gasteiger partial charge < -0.3 is 20.1 Å². The number of fused-ring (bicyclic) bond motifs is 1. The molecule has 13 heteroatoms. The molecule has 1 aliphatic heterocycles.